The van der Waals surface area contributed by atoms with Crippen LogP contribution in [0, 0.1) is 0 Å². The number of halogens is 1. The van der Waals surface area contributed by atoms with Gasteiger partial charge in [-0.3, -0.25) is 14.9 Å². The van der Waals surface area contributed by atoms with Gasteiger partial charge in [0, 0.05) is 25.1 Å². The van der Waals surface area contributed by atoms with Crippen molar-refractivity contribution in [2.75, 3.05) is 26.3 Å². The summed E-state index contributed by atoms with van der Waals surface area (Å²) in [6, 6.07) is 19.7. The first-order chi connectivity index (χ1) is 17.7. The second-order valence-corrected chi connectivity index (χ2v) is 9.81. The standard InChI is InChI=1S/C29H33FN2O5/c1-29(2,30)19-32-15-14-22-18-23(33)8-13-26(22)27(32)20-4-9-24(10-5-20)36-16-3-17-37-25-11-6-21(7-12-25)28(34)31-35/h4-13,18,27,33,35H,3,14-17,19H2,1-2H3,(H,31,34). The topological polar surface area (TPSA) is 91.3 Å². The maximum Gasteiger partial charge on any atom is 0.274 e. The fraction of sp³-hybridized carbons (Fsp3) is 0.345. The summed E-state index contributed by atoms with van der Waals surface area (Å²) in [4.78, 5) is 13.5. The molecule has 3 N–H and O–H groups in total. The lowest BCUT2D eigenvalue weighted by molar-refractivity contribution is 0.0706. The van der Waals surface area contributed by atoms with Crippen molar-refractivity contribution in [1.82, 2.24) is 10.4 Å². The summed E-state index contributed by atoms with van der Waals surface area (Å²) >= 11 is 0. The molecule has 0 bridgehead atoms. The zero-order valence-corrected chi connectivity index (χ0v) is 21.1. The Morgan fingerprint density at radius 2 is 1.65 bits per heavy atom. The lowest BCUT2D eigenvalue weighted by atomic mass is 9.87. The van der Waals surface area contributed by atoms with Crippen LogP contribution in [0.2, 0.25) is 0 Å². The van der Waals surface area contributed by atoms with Gasteiger partial charge in [-0.25, -0.2) is 9.87 Å². The minimum Gasteiger partial charge on any atom is -0.508 e. The molecule has 0 saturated heterocycles. The summed E-state index contributed by atoms with van der Waals surface area (Å²) in [7, 11) is 0. The number of fused-ring (bicyclic) bond motifs is 1. The molecule has 0 aliphatic carbocycles. The molecule has 1 unspecified atom stereocenters. The van der Waals surface area contributed by atoms with Crippen LogP contribution in [0.15, 0.2) is 66.7 Å². The molecule has 1 heterocycles. The van der Waals surface area contributed by atoms with Crippen molar-refractivity contribution >= 4 is 5.91 Å². The van der Waals surface area contributed by atoms with E-state index < -0.39 is 11.6 Å². The van der Waals surface area contributed by atoms with Crippen LogP contribution in [-0.4, -0.2) is 53.1 Å². The molecule has 3 aromatic carbocycles. The number of nitrogens with zero attached hydrogens (tertiary/aromatic N) is 1. The van der Waals surface area contributed by atoms with Gasteiger partial charge in [-0.2, -0.15) is 0 Å². The maximum atomic E-state index is 14.6. The molecule has 0 aromatic heterocycles. The highest BCUT2D eigenvalue weighted by Gasteiger charge is 2.32. The van der Waals surface area contributed by atoms with Crippen LogP contribution in [0.25, 0.3) is 0 Å². The first-order valence-corrected chi connectivity index (χ1v) is 12.4. The molecule has 0 saturated carbocycles. The van der Waals surface area contributed by atoms with Crippen LogP contribution >= 0.6 is 0 Å². The highest BCUT2D eigenvalue weighted by atomic mass is 19.1. The van der Waals surface area contributed by atoms with Gasteiger partial charge >= 0.3 is 0 Å². The van der Waals surface area contributed by atoms with Crippen molar-refractivity contribution in [3.05, 3.63) is 89.0 Å². The minimum atomic E-state index is -1.33. The van der Waals surface area contributed by atoms with Crippen LogP contribution < -0.4 is 15.0 Å². The van der Waals surface area contributed by atoms with Gasteiger partial charge in [0.2, 0.25) is 0 Å². The summed E-state index contributed by atoms with van der Waals surface area (Å²) in [5, 5.41) is 18.6. The quantitative estimate of drug-likeness (QED) is 0.202. The van der Waals surface area contributed by atoms with E-state index >= 15 is 0 Å². The number of phenols is 1. The Morgan fingerprint density at radius 1 is 1.03 bits per heavy atom. The van der Waals surface area contributed by atoms with E-state index in [-0.39, 0.29) is 11.8 Å². The molecule has 7 nitrogen and oxygen atoms in total. The van der Waals surface area contributed by atoms with Crippen molar-refractivity contribution in [2.45, 2.75) is 38.4 Å². The van der Waals surface area contributed by atoms with Crippen molar-refractivity contribution in [3.8, 4) is 17.2 Å². The molecule has 0 radical (unpaired) electrons. The SMILES string of the molecule is CC(C)(F)CN1CCc2cc(O)ccc2C1c1ccc(OCCCOc2ccc(C(=O)NO)cc2)cc1. The van der Waals surface area contributed by atoms with Gasteiger partial charge in [-0.1, -0.05) is 18.2 Å². The van der Waals surface area contributed by atoms with Gasteiger partial charge in [0.1, 0.15) is 22.9 Å². The fourth-order valence-corrected chi connectivity index (χ4v) is 4.66. The molecule has 3 aromatic rings. The number of hydrogen-bond acceptors (Lipinski definition) is 6. The third kappa shape index (κ3) is 6.99. The summed E-state index contributed by atoms with van der Waals surface area (Å²) < 4.78 is 26.2. The van der Waals surface area contributed by atoms with Gasteiger partial charge < -0.3 is 14.6 Å². The minimum absolute atomic E-state index is 0.100. The van der Waals surface area contributed by atoms with Gasteiger partial charge in [0.05, 0.1) is 19.3 Å². The molecule has 8 heteroatoms. The molecule has 1 aliphatic rings. The number of carbonyl (C=O) groups excluding carboxylic acids is 1. The monoisotopic (exact) mass is 508 g/mol. The van der Waals surface area contributed by atoms with E-state index in [0.717, 1.165) is 28.9 Å². The Kier molecular flexibility index (Phi) is 8.31. The van der Waals surface area contributed by atoms with E-state index in [1.54, 1.807) is 55.7 Å². The highest BCUT2D eigenvalue weighted by Crippen LogP contribution is 2.38. The molecule has 1 amide bonds. The van der Waals surface area contributed by atoms with Crippen LogP contribution in [0.5, 0.6) is 17.2 Å². The average molecular weight is 509 g/mol. The third-order valence-corrected chi connectivity index (χ3v) is 6.27. The van der Waals surface area contributed by atoms with E-state index in [9.17, 15) is 14.3 Å². The molecule has 1 aliphatic heterocycles. The lowest BCUT2D eigenvalue weighted by Gasteiger charge is -2.40. The van der Waals surface area contributed by atoms with Gasteiger partial charge in [0.15, 0.2) is 0 Å². The summed E-state index contributed by atoms with van der Waals surface area (Å²) in [6.07, 6.45) is 1.43. The summed E-state index contributed by atoms with van der Waals surface area (Å²) in [6.45, 7) is 5.14. The molecule has 37 heavy (non-hydrogen) atoms. The highest BCUT2D eigenvalue weighted by molar-refractivity contribution is 5.93. The molecule has 1 atom stereocenters. The average Bonchev–Trinajstić information content (AvgIpc) is 2.88. The number of nitrogens with one attached hydrogen (secondary N) is 1. The number of benzene rings is 3. The number of amides is 1. The Bertz CT molecular complexity index is 1190. The normalized spacial score (nSPS) is 15.6. The number of ether oxygens (including phenoxy) is 2. The Balaban J connectivity index is 1.34. The van der Waals surface area contributed by atoms with Gasteiger partial charge in [-0.15, -0.1) is 0 Å². The first kappa shape index (κ1) is 26.4. The van der Waals surface area contributed by atoms with Crippen molar-refractivity contribution < 1.29 is 29.0 Å². The Hall–Kier alpha value is -3.62. The number of carbonyl (C=O) groups is 1. The molecule has 0 spiro atoms. The first-order valence-electron chi connectivity index (χ1n) is 12.4. The van der Waals surface area contributed by atoms with Crippen LogP contribution in [-0.2, 0) is 6.42 Å². The van der Waals surface area contributed by atoms with Crippen LogP contribution in [0.3, 0.4) is 0 Å². The lowest BCUT2D eigenvalue weighted by Crippen LogP contribution is -2.42. The second-order valence-electron chi connectivity index (χ2n) is 9.81. The number of hydroxylamine groups is 1. The Labute approximate surface area is 216 Å². The molecule has 4 rings (SSSR count). The maximum absolute atomic E-state index is 14.6. The summed E-state index contributed by atoms with van der Waals surface area (Å²) in [5.74, 6) is 1.04. The number of rotatable bonds is 10. The second kappa shape index (κ2) is 11.6. The van der Waals surface area contributed by atoms with Crippen molar-refractivity contribution in [2.24, 2.45) is 0 Å². The smallest absolute Gasteiger partial charge is 0.274 e. The van der Waals surface area contributed by atoms with Gasteiger partial charge in [0.25, 0.3) is 5.91 Å². The van der Waals surface area contributed by atoms with E-state index in [1.807, 2.05) is 30.3 Å². The van der Waals surface area contributed by atoms with Crippen LogP contribution in [0.4, 0.5) is 4.39 Å². The van der Waals surface area contributed by atoms with Crippen LogP contribution in [0.1, 0.15) is 53.4 Å². The largest absolute Gasteiger partial charge is 0.508 e. The summed E-state index contributed by atoms with van der Waals surface area (Å²) in [5.41, 5.74) is 3.83. The predicted octanol–water partition coefficient (Wildman–Crippen LogP) is 5.05. The zero-order chi connectivity index (χ0) is 26.4. The van der Waals surface area contributed by atoms with E-state index in [1.165, 1.54) is 0 Å². The number of phenolic OH excluding ortho intramolecular Hbond substituents is 1. The number of aromatic hydroxyl groups is 1. The molecular weight excluding hydrogens is 475 g/mol. The number of hydrogen-bond donors (Lipinski definition) is 3. The molecule has 0 fully saturated rings. The van der Waals surface area contributed by atoms with E-state index in [0.29, 0.717) is 44.0 Å². The number of alkyl halides is 1. The third-order valence-electron chi connectivity index (χ3n) is 6.27. The zero-order valence-electron chi connectivity index (χ0n) is 21.1. The van der Waals surface area contributed by atoms with Gasteiger partial charge in [-0.05, 0) is 85.5 Å². The Morgan fingerprint density at radius 3 is 2.24 bits per heavy atom. The van der Waals surface area contributed by atoms with Crippen molar-refractivity contribution in [1.29, 1.82) is 0 Å². The molecular formula is C29H33FN2O5. The molecule has 196 valence electrons. The van der Waals surface area contributed by atoms with E-state index in [2.05, 4.69) is 4.90 Å². The van der Waals surface area contributed by atoms with E-state index in [4.69, 9.17) is 14.7 Å². The van der Waals surface area contributed by atoms with Crippen molar-refractivity contribution in [3.63, 3.8) is 0 Å². The fourth-order valence-electron chi connectivity index (χ4n) is 4.66. The predicted molar refractivity (Wildman–Crippen MR) is 138 cm³/mol.